The molecule has 2 aliphatic rings. The molecule has 0 aromatic carbocycles. The lowest BCUT2D eigenvalue weighted by Crippen LogP contribution is -2.65. The number of anilines is 3. The molecule has 1 unspecified atom stereocenters. The summed E-state index contributed by atoms with van der Waals surface area (Å²) in [6.45, 7) is 7.60. The molecule has 3 N–H and O–H groups in total. The number of rotatable bonds is 4. The van der Waals surface area contributed by atoms with Crippen LogP contribution >= 0.6 is 0 Å². The molecule has 3 aromatic rings. The molecule has 2 fully saturated rings. The molecule has 0 radical (unpaired) electrons. The number of hydrogen-bond acceptors (Lipinski definition) is 8. The number of pyridine rings is 1. The topological polar surface area (TPSA) is 125 Å². The van der Waals surface area contributed by atoms with Crippen LogP contribution in [0.4, 0.5) is 21.6 Å². The van der Waals surface area contributed by atoms with Crippen molar-refractivity contribution in [3.63, 3.8) is 0 Å². The van der Waals surface area contributed by atoms with Crippen molar-refractivity contribution >= 4 is 34.7 Å². The summed E-state index contributed by atoms with van der Waals surface area (Å²) in [7, 11) is 0. The minimum atomic E-state index is -0.594. The van der Waals surface area contributed by atoms with Gasteiger partial charge in [0.1, 0.15) is 11.6 Å². The Labute approximate surface area is 195 Å². The van der Waals surface area contributed by atoms with Crippen LogP contribution in [0.15, 0.2) is 30.9 Å². The predicted octanol–water partition coefficient (Wildman–Crippen LogP) is 0.839. The molecule has 0 bridgehead atoms. The number of nitrogens with two attached hydrogens (primary N) is 1. The zero-order chi connectivity index (χ0) is 24.0. The van der Waals surface area contributed by atoms with E-state index in [0.29, 0.717) is 18.8 Å². The third kappa shape index (κ3) is 3.79. The van der Waals surface area contributed by atoms with Crippen LogP contribution < -0.4 is 16.0 Å². The van der Waals surface area contributed by atoms with Crippen LogP contribution in [0.25, 0.3) is 5.65 Å². The van der Waals surface area contributed by atoms with E-state index in [-0.39, 0.29) is 35.0 Å². The van der Waals surface area contributed by atoms with Gasteiger partial charge in [0, 0.05) is 45.0 Å². The highest BCUT2D eigenvalue weighted by molar-refractivity contribution is 6.12. The number of nitrogens with zero attached hydrogens (tertiary/aromatic N) is 7. The van der Waals surface area contributed by atoms with E-state index in [4.69, 9.17) is 5.73 Å². The molecular weight excluding hydrogens is 441 g/mol. The summed E-state index contributed by atoms with van der Waals surface area (Å²) in [5.74, 6) is -1.05. The zero-order valence-corrected chi connectivity index (χ0v) is 19.0. The number of carbonyl (C=O) groups is 2. The number of fused-ring (bicyclic) bond motifs is 2. The van der Waals surface area contributed by atoms with Gasteiger partial charge in [0.05, 0.1) is 30.0 Å². The maximum absolute atomic E-state index is 13.5. The summed E-state index contributed by atoms with van der Waals surface area (Å²) in [4.78, 5) is 40.6. The average molecular weight is 468 g/mol. The maximum Gasteiger partial charge on any atom is 0.263 e. The molecule has 5 heterocycles. The normalized spacial score (nSPS) is 19.1. The van der Waals surface area contributed by atoms with E-state index in [9.17, 15) is 14.0 Å². The minimum Gasteiger partial charge on any atom is -0.381 e. The first-order chi connectivity index (χ1) is 16.3. The van der Waals surface area contributed by atoms with Crippen LogP contribution in [0.1, 0.15) is 24.2 Å². The van der Waals surface area contributed by atoms with E-state index in [0.717, 1.165) is 42.2 Å². The number of aromatic nitrogens is 4. The summed E-state index contributed by atoms with van der Waals surface area (Å²) in [6, 6.07) is 1.72. The molecular formula is C22H26FN9O2. The minimum absolute atomic E-state index is 0.0506. The zero-order valence-electron chi connectivity index (χ0n) is 19.0. The van der Waals surface area contributed by atoms with Gasteiger partial charge in [0.25, 0.3) is 5.91 Å². The van der Waals surface area contributed by atoms with Gasteiger partial charge in [-0.25, -0.2) is 13.9 Å². The molecule has 11 nitrogen and oxygen atoms in total. The summed E-state index contributed by atoms with van der Waals surface area (Å²) in [5, 5.41) is 6.83. The highest BCUT2D eigenvalue weighted by atomic mass is 19.1. The van der Waals surface area contributed by atoms with Gasteiger partial charge in [-0.3, -0.25) is 19.5 Å². The number of halogens is 1. The van der Waals surface area contributed by atoms with Crippen molar-refractivity contribution in [3.8, 4) is 0 Å². The first-order valence-electron chi connectivity index (χ1n) is 11.2. The first kappa shape index (κ1) is 22.0. The van der Waals surface area contributed by atoms with E-state index in [1.54, 1.807) is 12.4 Å². The SMILES string of the molecule is CC(C)N1CCN2CCN(c3ccncc3NC(=O)c3c(N)nn4cc(F)cnc34)CC2C1=O. The van der Waals surface area contributed by atoms with E-state index >= 15 is 0 Å². The third-order valence-electron chi connectivity index (χ3n) is 6.39. The second-order valence-corrected chi connectivity index (χ2v) is 8.77. The van der Waals surface area contributed by atoms with Crippen LogP contribution in [-0.2, 0) is 4.79 Å². The van der Waals surface area contributed by atoms with Gasteiger partial charge in [-0.15, -0.1) is 5.10 Å². The van der Waals surface area contributed by atoms with Crippen LogP contribution in [0.3, 0.4) is 0 Å². The van der Waals surface area contributed by atoms with E-state index in [1.165, 1.54) is 0 Å². The van der Waals surface area contributed by atoms with Crippen molar-refractivity contribution < 1.29 is 14.0 Å². The fourth-order valence-electron chi connectivity index (χ4n) is 4.68. The quantitative estimate of drug-likeness (QED) is 0.578. The van der Waals surface area contributed by atoms with Gasteiger partial charge in [0.2, 0.25) is 5.91 Å². The van der Waals surface area contributed by atoms with E-state index < -0.39 is 11.7 Å². The van der Waals surface area contributed by atoms with Gasteiger partial charge >= 0.3 is 0 Å². The van der Waals surface area contributed by atoms with Crippen molar-refractivity contribution in [2.75, 3.05) is 48.7 Å². The first-order valence-corrected chi connectivity index (χ1v) is 11.2. The number of piperazine rings is 2. The molecule has 12 heteroatoms. The van der Waals surface area contributed by atoms with Crippen LogP contribution in [0, 0.1) is 5.82 Å². The number of nitrogens with one attached hydrogen (secondary N) is 1. The van der Waals surface area contributed by atoms with Crippen molar-refractivity contribution in [2.45, 2.75) is 25.9 Å². The Morgan fingerprint density at radius 1 is 1.24 bits per heavy atom. The smallest absolute Gasteiger partial charge is 0.263 e. The lowest BCUT2D eigenvalue weighted by atomic mass is 10.0. The van der Waals surface area contributed by atoms with Crippen LogP contribution in [0.2, 0.25) is 0 Å². The fourth-order valence-corrected chi connectivity index (χ4v) is 4.68. The monoisotopic (exact) mass is 467 g/mol. The molecule has 5 rings (SSSR count). The Morgan fingerprint density at radius 2 is 2.03 bits per heavy atom. The summed E-state index contributed by atoms with van der Waals surface area (Å²) in [5.41, 5.74) is 7.37. The number of nitrogen functional groups attached to an aromatic ring is 1. The van der Waals surface area contributed by atoms with Crippen molar-refractivity contribution in [1.29, 1.82) is 0 Å². The Morgan fingerprint density at radius 3 is 2.82 bits per heavy atom. The standard InChI is InChI=1S/C22H26FN9O2/c1-13(2)31-8-7-29-5-6-30(12-17(29)22(31)34)16-3-4-25-10-15(16)27-21(33)18-19(24)28-32-11-14(23)9-26-20(18)32/h3-4,9-11,13,17H,5-8,12H2,1-2H3,(H2,24,28)(H,27,33). The molecule has 178 valence electrons. The highest BCUT2D eigenvalue weighted by Crippen LogP contribution is 2.30. The van der Waals surface area contributed by atoms with E-state index in [1.807, 2.05) is 24.8 Å². The van der Waals surface area contributed by atoms with Crippen molar-refractivity contribution in [2.24, 2.45) is 0 Å². The second kappa shape index (κ2) is 8.52. The Balaban J connectivity index is 1.40. The fraction of sp³-hybridized carbons (Fsp3) is 0.409. The Kier molecular flexibility index (Phi) is 5.52. The Bertz CT molecular complexity index is 1260. The molecule has 1 atom stereocenters. The molecule has 34 heavy (non-hydrogen) atoms. The molecule has 2 aliphatic heterocycles. The molecule has 0 saturated carbocycles. The number of hydrogen-bond donors (Lipinski definition) is 2. The average Bonchev–Trinajstić information content (AvgIpc) is 3.14. The van der Waals surface area contributed by atoms with Gasteiger partial charge < -0.3 is 20.9 Å². The summed E-state index contributed by atoms with van der Waals surface area (Å²) in [6.07, 6.45) is 5.31. The van der Waals surface area contributed by atoms with Crippen LogP contribution in [0.5, 0.6) is 0 Å². The summed E-state index contributed by atoms with van der Waals surface area (Å²) >= 11 is 0. The lowest BCUT2D eigenvalue weighted by Gasteiger charge is -2.48. The van der Waals surface area contributed by atoms with E-state index in [2.05, 4.69) is 30.2 Å². The third-order valence-corrected chi connectivity index (χ3v) is 6.39. The number of carbonyl (C=O) groups excluding carboxylic acids is 2. The molecule has 0 aliphatic carbocycles. The van der Waals surface area contributed by atoms with Gasteiger partial charge in [-0.1, -0.05) is 0 Å². The molecule has 3 aromatic heterocycles. The van der Waals surface area contributed by atoms with Crippen LogP contribution in [-0.4, -0.2) is 86.0 Å². The van der Waals surface area contributed by atoms with Crippen molar-refractivity contribution in [1.82, 2.24) is 29.4 Å². The molecule has 2 saturated heterocycles. The van der Waals surface area contributed by atoms with Gasteiger partial charge in [-0.05, 0) is 19.9 Å². The van der Waals surface area contributed by atoms with Crippen molar-refractivity contribution in [3.05, 3.63) is 42.2 Å². The second-order valence-electron chi connectivity index (χ2n) is 8.77. The maximum atomic E-state index is 13.5. The number of amides is 2. The Hall–Kier alpha value is -3.80. The lowest BCUT2D eigenvalue weighted by molar-refractivity contribution is -0.144. The summed E-state index contributed by atoms with van der Waals surface area (Å²) < 4.78 is 14.6. The predicted molar refractivity (Wildman–Crippen MR) is 124 cm³/mol. The largest absolute Gasteiger partial charge is 0.381 e. The molecule has 0 spiro atoms. The van der Waals surface area contributed by atoms with Gasteiger partial charge in [-0.2, -0.15) is 0 Å². The van der Waals surface area contributed by atoms with Gasteiger partial charge in [0.15, 0.2) is 17.3 Å². The molecule has 2 amide bonds. The highest BCUT2D eigenvalue weighted by Gasteiger charge is 2.39.